The van der Waals surface area contributed by atoms with Crippen molar-refractivity contribution in [1.82, 2.24) is 0 Å². The second-order valence-corrected chi connectivity index (χ2v) is 5.52. The van der Waals surface area contributed by atoms with E-state index in [9.17, 15) is 0 Å². The molecule has 0 aromatic heterocycles. The lowest BCUT2D eigenvalue weighted by Gasteiger charge is -2.33. The summed E-state index contributed by atoms with van der Waals surface area (Å²) < 4.78 is 11.5. The third-order valence-corrected chi connectivity index (χ3v) is 3.20. The van der Waals surface area contributed by atoms with Crippen molar-refractivity contribution < 1.29 is 14.6 Å². The van der Waals surface area contributed by atoms with Crippen molar-refractivity contribution in [3.63, 3.8) is 0 Å². The number of rotatable bonds is 4. The van der Waals surface area contributed by atoms with E-state index in [1.54, 1.807) is 0 Å². The number of benzene rings is 1. The predicted molar refractivity (Wildman–Crippen MR) is 80.4 cm³/mol. The third kappa shape index (κ3) is 3.71. The fraction of sp³-hybridized carbons (Fsp3) is 0.412. The van der Waals surface area contributed by atoms with Gasteiger partial charge in [-0.3, -0.25) is 0 Å². The maximum Gasteiger partial charge on any atom is 0.205 e. The predicted octanol–water partition coefficient (Wildman–Crippen LogP) is 3.53. The summed E-state index contributed by atoms with van der Waals surface area (Å²) in [7, 11) is 0. The Kier molecular flexibility index (Phi) is 4.63. The molecule has 0 amide bonds. The highest BCUT2D eigenvalue weighted by Crippen LogP contribution is 2.33. The molecular formula is C17H22O3. The molecule has 1 aromatic carbocycles. The van der Waals surface area contributed by atoms with Gasteiger partial charge >= 0.3 is 0 Å². The molecule has 2 rings (SSSR count). The number of aliphatic hydroxyl groups excluding tert-OH is 1. The Morgan fingerprint density at radius 2 is 2.15 bits per heavy atom. The van der Waals surface area contributed by atoms with Gasteiger partial charge in [0.05, 0.1) is 6.61 Å². The van der Waals surface area contributed by atoms with Crippen LogP contribution >= 0.6 is 0 Å². The zero-order valence-electron chi connectivity index (χ0n) is 12.3. The molecule has 3 heteroatoms. The Morgan fingerprint density at radius 3 is 2.90 bits per heavy atom. The van der Waals surface area contributed by atoms with Crippen LogP contribution in [-0.4, -0.2) is 17.5 Å². The molecule has 0 aliphatic carbocycles. The zero-order valence-corrected chi connectivity index (χ0v) is 12.3. The van der Waals surface area contributed by atoms with E-state index in [1.807, 2.05) is 63.3 Å². The molecule has 0 radical (unpaired) electrons. The smallest absolute Gasteiger partial charge is 0.205 e. The van der Waals surface area contributed by atoms with Crippen molar-refractivity contribution in [2.45, 2.75) is 33.2 Å². The highest BCUT2D eigenvalue weighted by molar-refractivity contribution is 5.59. The molecule has 1 atom stereocenters. The Labute approximate surface area is 120 Å². The van der Waals surface area contributed by atoms with E-state index in [0.29, 0.717) is 6.61 Å². The first-order valence-corrected chi connectivity index (χ1v) is 6.92. The first-order chi connectivity index (χ1) is 9.52. The minimum absolute atomic E-state index is 0.168. The molecule has 1 aliphatic heterocycles. The molecule has 1 heterocycles. The van der Waals surface area contributed by atoms with Crippen molar-refractivity contribution in [3.8, 4) is 5.75 Å². The minimum Gasteiger partial charge on any atom is -0.463 e. The molecule has 0 fully saturated rings. The summed E-state index contributed by atoms with van der Waals surface area (Å²) in [6.07, 6.45) is 7.93. The quantitative estimate of drug-likeness (QED) is 0.854. The van der Waals surface area contributed by atoms with Crippen LogP contribution in [0.2, 0.25) is 0 Å². The summed E-state index contributed by atoms with van der Waals surface area (Å²) in [5, 5.41) is 8.95. The monoisotopic (exact) mass is 274 g/mol. The number of allylic oxidation sites excluding steroid dienone is 2. The molecule has 20 heavy (non-hydrogen) atoms. The van der Waals surface area contributed by atoms with Crippen LogP contribution in [0.1, 0.15) is 31.9 Å². The van der Waals surface area contributed by atoms with Crippen LogP contribution in [0.3, 0.4) is 0 Å². The van der Waals surface area contributed by atoms with E-state index in [0.717, 1.165) is 16.9 Å². The van der Waals surface area contributed by atoms with Gasteiger partial charge in [0, 0.05) is 26.0 Å². The summed E-state index contributed by atoms with van der Waals surface area (Å²) in [6, 6.07) is 6.00. The maximum atomic E-state index is 8.95. The number of ether oxygens (including phenoxy) is 2. The average molecular weight is 274 g/mol. The summed E-state index contributed by atoms with van der Waals surface area (Å²) in [4.78, 5) is 0. The molecule has 1 aromatic rings. The van der Waals surface area contributed by atoms with E-state index < -0.39 is 5.79 Å². The Morgan fingerprint density at radius 1 is 1.35 bits per heavy atom. The van der Waals surface area contributed by atoms with Gasteiger partial charge in [0.1, 0.15) is 5.75 Å². The van der Waals surface area contributed by atoms with Gasteiger partial charge in [0.2, 0.25) is 5.79 Å². The van der Waals surface area contributed by atoms with Gasteiger partial charge in [-0.25, -0.2) is 0 Å². The molecule has 1 aliphatic rings. The Balaban J connectivity index is 2.14. The highest BCUT2D eigenvalue weighted by atomic mass is 16.7. The van der Waals surface area contributed by atoms with Crippen molar-refractivity contribution in [2.75, 3.05) is 6.61 Å². The van der Waals surface area contributed by atoms with E-state index >= 15 is 0 Å². The van der Waals surface area contributed by atoms with Gasteiger partial charge in [-0.05, 0) is 17.5 Å². The van der Waals surface area contributed by atoms with E-state index in [1.165, 1.54) is 0 Å². The minimum atomic E-state index is -0.564. The number of fused-ring (bicyclic) bond motifs is 1. The lowest BCUT2D eigenvalue weighted by molar-refractivity contribution is -0.180. The number of aliphatic hydroxyl groups is 1. The van der Waals surface area contributed by atoms with Gasteiger partial charge in [-0.1, -0.05) is 43.4 Å². The van der Waals surface area contributed by atoms with Crippen LogP contribution in [0.5, 0.6) is 5.75 Å². The highest BCUT2D eigenvalue weighted by Gasteiger charge is 2.27. The summed E-state index contributed by atoms with van der Waals surface area (Å²) in [6.45, 7) is 6.52. The first kappa shape index (κ1) is 14.8. The normalized spacial score (nSPS) is 19.0. The lowest BCUT2D eigenvalue weighted by atomic mass is 10.0. The fourth-order valence-electron chi connectivity index (χ4n) is 2.00. The second-order valence-electron chi connectivity index (χ2n) is 5.52. The summed E-state index contributed by atoms with van der Waals surface area (Å²) in [5.41, 5.74) is 2.17. The molecule has 0 spiro atoms. The third-order valence-electron chi connectivity index (χ3n) is 3.20. The van der Waals surface area contributed by atoms with Gasteiger partial charge in [-0.2, -0.15) is 0 Å². The van der Waals surface area contributed by atoms with Crippen molar-refractivity contribution in [1.29, 1.82) is 0 Å². The second kappa shape index (κ2) is 6.25. The molecule has 0 saturated carbocycles. The molecule has 1 N–H and O–H groups in total. The van der Waals surface area contributed by atoms with Crippen LogP contribution in [-0.2, 0) is 11.3 Å². The average Bonchev–Trinajstić information content (AvgIpc) is 2.41. The van der Waals surface area contributed by atoms with Crippen molar-refractivity contribution in [3.05, 3.63) is 47.6 Å². The number of hydrogen-bond donors (Lipinski definition) is 1. The van der Waals surface area contributed by atoms with Crippen LogP contribution in [0.25, 0.3) is 6.08 Å². The molecule has 1 unspecified atom stereocenters. The van der Waals surface area contributed by atoms with Gasteiger partial charge in [0.15, 0.2) is 0 Å². The largest absolute Gasteiger partial charge is 0.463 e. The van der Waals surface area contributed by atoms with E-state index in [4.69, 9.17) is 14.6 Å². The Hall–Kier alpha value is -1.58. The molecular weight excluding hydrogens is 252 g/mol. The van der Waals surface area contributed by atoms with E-state index in [2.05, 4.69) is 0 Å². The van der Waals surface area contributed by atoms with Crippen LogP contribution in [0.15, 0.2) is 36.4 Å². The maximum absolute atomic E-state index is 8.95. The van der Waals surface area contributed by atoms with Gasteiger partial charge in [-0.15, -0.1) is 0 Å². The first-order valence-electron chi connectivity index (χ1n) is 6.92. The van der Waals surface area contributed by atoms with Gasteiger partial charge in [0.25, 0.3) is 0 Å². The van der Waals surface area contributed by atoms with Crippen molar-refractivity contribution >= 4 is 6.08 Å². The molecule has 0 bridgehead atoms. The standard InChI is InChI=1S/C17H22O3/c1-13(11-18)7-4-5-8-14-9-6-10-16-15(14)12-19-17(2,3)20-16/h4-10,13,18H,11-12H2,1-3H3/b7-4-,8-5+. The number of hydrogen-bond acceptors (Lipinski definition) is 3. The van der Waals surface area contributed by atoms with E-state index in [-0.39, 0.29) is 12.5 Å². The lowest BCUT2D eigenvalue weighted by Crippen LogP contribution is -2.35. The van der Waals surface area contributed by atoms with Gasteiger partial charge < -0.3 is 14.6 Å². The van der Waals surface area contributed by atoms with Crippen LogP contribution < -0.4 is 4.74 Å². The van der Waals surface area contributed by atoms with Crippen LogP contribution in [0.4, 0.5) is 0 Å². The zero-order chi connectivity index (χ0) is 14.6. The molecule has 3 nitrogen and oxygen atoms in total. The summed E-state index contributed by atoms with van der Waals surface area (Å²) in [5.74, 6) is 0.499. The SMILES string of the molecule is CC(/C=C\C=C\c1cccc2c1COC(C)(C)O2)CO. The molecule has 0 saturated heterocycles. The van der Waals surface area contributed by atoms with Crippen LogP contribution in [0, 0.1) is 5.92 Å². The van der Waals surface area contributed by atoms with Crippen molar-refractivity contribution in [2.24, 2.45) is 5.92 Å². The topological polar surface area (TPSA) is 38.7 Å². The fourth-order valence-corrected chi connectivity index (χ4v) is 2.00. The summed E-state index contributed by atoms with van der Waals surface area (Å²) >= 11 is 0. The Bertz CT molecular complexity index is 515. The molecule has 108 valence electrons.